The summed E-state index contributed by atoms with van der Waals surface area (Å²) in [5, 5.41) is 14.5. The summed E-state index contributed by atoms with van der Waals surface area (Å²) in [6, 6.07) is 8.63. The van der Waals surface area contributed by atoms with E-state index in [-0.39, 0.29) is 56.3 Å². The summed E-state index contributed by atoms with van der Waals surface area (Å²) in [4.78, 5) is 35.3. The van der Waals surface area contributed by atoms with Gasteiger partial charge in [-0.1, -0.05) is 18.2 Å². The van der Waals surface area contributed by atoms with Gasteiger partial charge in [0.2, 0.25) is 11.8 Å². The molecule has 2 amide bonds. The van der Waals surface area contributed by atoms with Crippen LogP contribution in [0.5, 0.6) is 0 Å². The number of benzene rings is 1. The molecule has 0 radical (unpaired) electrons. The molecule has 0 spiro atoms. The van der Waals surface area contributed by atoms with Crippen LogP contribution in [-0.2, 0) is 14.4 Å². The van der Waals surface area contributed by atoms with E-state index in [1.54, 1.807) is 0 Å². The Kier molecular flexibility index (Phi) is 6.33. The Morgan fingerprint density at radius 3 is 2.72 bits per heavy atom. The zero-order chi connectivity index (χ0) is 17.3. The third kappa shape index (κ3) is 4.09. The standard InChI is InChI=1S/C15H16ClN3O4S.Li.H/c16-15(14(22)23)7-19-12(21)11(13(19)24-8-15)18-10(20)6-17-9-4-2-1-3-5-9;;/h1-5,11,13,17H,6-8H2,(H,18,20)(H,22,23);;/q;+1;-1/t11?,13-,15?;;/m1../s1. The number of carboxylic acid groups (broad SMARTS) is 1. The monoisotopic (exact) mass is 377 g/mol. The molecule has 0 bridgehead atoms. The second kappa shape index (κ2) is 7.92. The number of nitrogens with one attached hydrogen (secondary N) is 2. The summed E-state index contributed by atoms with van der Waals surface area (Å²) in [6.07, 6.45) is 0. The number of nitrogens with zero attached hydrogens (tertiary/aromatic N) is 1. The first-order valence-electron chi connectivity index (χ1n) is 7.33. The van der Waals surface area contributed by atoms with Crippen molar-refractivity contribution in [2.45, 2.75) is 16.3 Å². The maximum atomic E-state index is 12.1. The molecule has 2 aliphatic rings. The van der Waals surface area contributed by atoms with Crippen LogP contribution in [0.4, 0.5) is 5.69 Å². The smallest absolute Gasteiger partial charge is 1.00 e. The molecule has 0 saturated carbocycles. The Morgan fingerprint density at radius 1 is 1.40 bits per heavy atom. The van der Waals surface area contributed by atoms with Gasteiger partial charge in [0.15, 0.2) is 4.87 Å². The van der Waals surface area contributed by atoms with Gasteiger partial charge in [-0.25, -0.2) is 0 Å². The minimum atomic E-state index is -1.46. The van der Waals surface area contributed by atoms with E-state index in [0.29, 0.717) is 0 Å². The summed E-state index contributed by atoms with van der Waals surface area (Å²) in [6.45, 7) is 0.00870. The Labute approximate surface area is 167 Å². The summed E-state index contributed by atoms with van der Waals surface area (Å²) < 4.78 is 0. The fourth-order valence-electron chi connectivity index (χ4n) is 2.64. The predicted molar refractivity (Wildman–Crippen MR) is 92.2 cm³/mol. The maximum Gasteiger partial charge on any atom is 1.00 e. The van der Waals surface area contributed by atoms with Gasteiger partial charge in [-0.3, -0.25) is 14.4 Å². The number of thioether (sulfide) groups is 1. The minimum absolute atomic E-state index is 0. The Hall–Kier alpha value is -1.33. The van der Waals surface area contributed by atoms with Crippen LogP contribution in [-0.4, -0.2) is 62.9 Å². The average Bonchev–Trinajstić information content (AvgIpc) is 2.58. The number of aliphatic carboxylic acids is 1. The summed E-state index contributed by atoms with van der Waals surface area (Å²) in [5.74, 6) is -1.54. The largest absolute Gasteiger partial charge is 1.00 e. The van der Waals surface area contributed by atoms with E-state index in [9.17, 15) is 14.4 Å². The van der Waals surface area contributed by atoms with Gasteiger partial charge < -0.3 is 22.1 Å². The van der Waals surface area contributed by atoms with Crippen LogP contribution in [0.1, 0.15) is 1.43 Å². The number of rotatable bonds is 5. The van der Waals surface area contributed by atoms with E-state index in [1.165, 1.54) is 16.7 Å². The van der Waals surface area contributed by atoms with Crippen LogP contribution in [0.2, 0.25) is 0 Å². The molecule has 0 aromatic heterocycles. The molecule has 2 heterocycles. The molecule has 1 aromatic carbocycles. The molecule has 2 unspecified atom stereocenters. The molecule has 2 saturated heterocycles. The van der Waals surface area contributed by atoms with Crippen molar-refractivity contribution in [1.82, 2.24) is 10.2 Å². The first-order valence-corrected chi connectivity index (χ1v) is 8.76. The average molecular weight is 378 g/mol. The molecule has 1 aromatic rings. The number of carboxylic acids is 1. The zero-order valence-corrected chi connectivity index (χ0v) is 15.1. The molecule has 3 atom stereocenters. The summed E-state index contributed by atoms with van der Waals surface area (Å²) >= 11 is 7.30. The van der Waals surface area contributed by atoms with Crippen molar-refractivity contribution in [1.29, 1.82) is 0 Å². The van der Waals surface area contributed by atoms with Gasteiger partial charge in [-0.15, -0.1) is 23.4 Å². The van der Waals surface area contributed by atoms with Gasteiger partial charge >= 0.3 is 24.8 Å². The van der Waals surface area contributed by atoms with Crippen LogP contribution in [0.3, 0.4) is 0 Å². The number of anilines is 1. The number of para-hydroxylation sites is 1. The number of carbonyl (C=O) groups is 3. The first kappa shape index (κ1) is 20.0. The van der Waals surface area contributed by atoms with Crippen LogP contribution in [0.25, 0.3) is 0 Å². The normalized spacial score (nSPS) is 27.4. The predicted octanol–water partition coefficient (Wildman–Crippen LogP) is -2.32. The van der Waals surface area contributed by atoms with Crippen molar-refractivity contribution < 1.29 is 39.8 Å². The Bertz CT molecular complexity index is 686. The Morgan fingerprint density at radius 2 is 2.08 bits per heavy atom. The fourth-order valence-corrected chi connectivity index (χ4v) is 4.34. The molecule has 10 heteroatoms. The van der Waals surface area contributed by atoms with E-state index in [4.69, 9.17) is 16.7 Å². The SMILES string of the molecule is O=C(CNc1ccccc1)NC1C(=O)N2CC(Cl)(C(=O)O)CS[C@H]12.[H-].[Li+]. The topological polar surface area (TPSA) is 98.7 Å². The van der Waals surface area contributed by atoms with E-state index < -0.39 is 16.9 Å². The quantitative estimate of drug-likeness (QED) is 0.303. The number of alkyl halides is 1. The minimum Gasteiger partial charge on any atom is -1.00 e. The van der Waals surface area contributed by atoms with Gasteiger partial charge in [0.1, 0.15) is 11.4 Å². The number of halogens is 1. The molecular formula is C15H17ClLiN3O4S. The van der Waals surface area contributed by atoms with Crippen LogP contribution in [0, 0.1) is 0 Å². The molecule has 0 aliphatic carbocycles. The molecule has 25 heavy (non-hydrogen) atoms. The van der Waals surface area contributed by atoms with Gasteiger partial charge in [-0.05, 0) is 12.1 Å². The number of amides is 2. The molecule has 130 valence electrons. The number of β-lactam (4-membered cyclic amide) rings is 1. The van der Waals surface area contributed by atoms with Crippen molar-refractivity contribution in [3.8, 4) is 0 Å². The van der Waals surface area contributed by atoms with Crippen molar-refractivity contribution >= 4 is 46.8 Å². The van der Waals surface area contributed by atoms with Gasteiger partial charge in [0.05, 0.1) is 13.1 Å². The summed E-state index contributed by atoms with van der Waals surface area (Å²) in [7, 11) is 0. The van der Waals surface area contributed by atoms with E-state index in [0.717, 1.165) is 5.69 Å². The first-order chi connectivity index (χ1) is 11.4. The third-order valence-corrected chi connectivity index (χ3v) is 6.07. The zero-order valence-electron chi connectivity index (χ0n) is 14.6. The molecule has 3 N–H and O–H groups in total. The fraction of sp³-hybridized carbons (Fsp3) is 0.400. The molecular weight excluding hydrogens is 361 g/mol. The van der Waals surface area contributed by atoms with E-state index in [1.807, 2.05) is 30.3 Å². The second-order valence-corrected chi connectivity index (χ2v) is 7.53. The van der Waals surface area contributed by atoms with Crippen molar-refractivity contribution in [3.63, 3.8) is 0 Å². The number of carbonyl (C=O) groups excluding carboxylic acids is 2. The molecule has 2 aliphatic heterocycles. The molecule has 2 fully saturated rings. The van der Waals surface area contributed by atoms with Gasteiger partial charge in [-0.2, -0.15) is 0 Å². The molecule has 7 nitrogen and oxygen atoms in total. The van der Waals surface area contributed by atoms with Crippen LogP contribution in [0.15, 0.2) is 30.3 Å². The van der Waals surface area contributed by atoms with Gasteiger partial charge in [0.25, 0.3) is 0 Å². The Balaban J connectivity index is 0.00000169. The maximum absolute atomic E-state index is 12.1. The number of fused-ring (bicyclic) bond motifs is 1. The van der Waals surface area contributed by atoms with E-state index in [2.05, 4.69) is 10.6 Å². The van der Waals surface area contributed by atoms with Crippen LogP contribution < -0.4 is 29.5 Å². The van der Waals surface area contributed by atoms with Crippen LogP contribution >= 0.6 is 23.4 Å². The van der Waals surface area contributed by atoms with Gasteiger partial charge in [0, 0.05) is 11.4 Å². The number of hydrogen-bond donors (Lipinski definition) is 3. The third-order valence-electron chi connectivity index (χ3n) is 3.97. The molecule has 3 rings (SSSR count). The van der Waals surface area contributed by atoms with E-state index >= 15 is 0 Å². The number of hydrogen-bond acceptors (Lipinski definition) is 5. The van der Waals surface area contributed by atoms with Crippen molar-refractivity contribution in [3.05, 3.63) is 30.3 Å². The summed E-state index contributed by atoms with van der Waals surface area (Å²) in [5.41, 5.74) is 0.814. The van der Waals surface area contributed by atoms with Crippen molar-refractivity contribution in [2.24, 2.45) is 0 Å². The second-order valence-electron chi connectivity index (χ2n) is 5.70. The van der Waals surface area contributed by atoms with Crippen molar-refractivity contribution in [2.75, 3.05) is 24.2 Å².